The van der Waals surface area contributed by atoms with Gasteiger partial charge in [-0.25, -0.2) is 9.66 Å². The van der Waals surface area contributed by atoms with Crippen LogP contribution in [0.3, 0.4) is 0 Å². The molecule has 0 fully saturated rings. The summed E-state index contributed by atoms with van der Waals surface area (Å²) in [6.07, 6.45) is 3.27. The second-order valence-electron chi connectivity index (χ2n) is 6.25. The van der Waals surface area contributed by atoms with Gasteiger partial charge in [-0.05, 0) is 36.6 Å². The van der Waals surface area contributed by atoms with E-state index in [4.69, 9.17) is 40.1 Å². The molecule has 4 rings (SSSR count). The number of nitrogens with two attached hydrogens (primary N) is 2. The van der Waals surface area contributed by atoms with Gasteiger partial charge >= 0.3 is 0 Å². The Kier molecular flexibility index (Phi) is 7.19. The maximum atomic E-state index is 7.74. The third-order valence-corrected chi connectivity index (χ3v) is 5.09. The van der Waals surface area contributed by atoms with Crippen molar-refractivity contribution in [1.82, 2.24) is 9.66 Å². The van der Waals surface area contributed by atoms with E-state index in [1.165, 1.54) is 0 Å². The molecule has 0 spiro atoms. The number of aromatic nitrogens is 2. The van der Waals surface area contributed by atoms with Crippen LogP contribution in [0.2, 0.25) is 10.0 Å². The normalized spacial score (nSPS) is 13.5. The summed E-state index contributed by atoms with van der Waals surface area (Å²) in [6, 6.07) is 10.9. The van der Waals surface area contributed by atoms with Gasteiger partial charge in [-0.2, -0.15) is 5.10 Å². The summed E-state index contributed by atoms with van der Waals surface area (Å²) in [4.78, 5) is 4.37. The van der Waals surface area contributed by atoms with Crippen LogP contribution in [-0.4, -0.2) is 21.2 Å². The van der Waals surface area contributed by atoms with Crippen LogP contribution in [0.5, 0.6) is 0 Å². The number of imidazole rings is 1. The van der Waals surface area contributed by atoms with Crippen LogP contribution >= 0.6 is 48.0 Å². The van der Waals surface area contributed by atoms with Crippen LogP contribution in [0.4, 0.5) is 5.95 Å². The van der Waals surface area contributed by atoms with Gasteiger partial charge in [-0.3, -0.25) is 5.41 Å². The zero-order chi connectivity index (χ0) is 19.1. The number of fused-ring (bicyclic) bond motifs is 1. The lowest BCUT2D eigenvalue weighted by molar-refractivity contribution is 0.883. The first-order valence-electron chi connectivity index (χ1n) is 8.29. The summed E-state index contributed by atoms with van der Waals surface area (Å²) in [5.74, 6) is 0.328. The quantitative estimate of drug-likeness (QED) is 0.378. The molecule has 0 unspecified atom stereocenters. The largest absolute Gasteiger partial charge is 0.384 e. The SMILES string of the molecule is Cl.Cl.N=C(N)c1cccc2c1CCC2=Nn1cc(-c2ccc(Cl)cc2Cl)nc1N. The molecule has 0 atom stereocenters. The van der Waals surface area contributed by atoms with Gasteiger partial charge in [0, 0.05) is 21.7 Å². The first-order valence-corrected chi connectivity index (χ1v) is 9.04. The Morgan fingerprint density at radius 2 is 1.86 bits per heavy atom. The second-order valence-corrected chi connectivity index (χ2v) is 7.09. The third kappa shape index (κ3) is 4.36. The molecule has 0 aliphatic heterocycles. The van der Waals surface area contributed by atoms with Gasteiger partial charge in [0.25, 0.3) is 0 Å². The Morgan fingerprint density at radius 3 is 2.55 bits per heavy atom. The fourth-order valence-corrected chi connectivity index (χ4v) is 3.79. The minimum Gasteiger partial charge on any atom is -0.384 e. The molecule has 3 aromatic rings. The van der Waals surface area contributed by atoms with E-state index in [1.807, 2.05) is 18.2 Å². The van der Waals surface area contributed by atoms with E-state index in [1.54, 1.807) is 29.1 Å². The molecule has 1 aliphatic rings. The Balaban J connectivity index is 0.00000150. The number of hydrogen-bond donors (Lipinski definition) is 3. The Labute approximate surface area is 190 Å². The van der Waals surface area contributed by atoms with Crippen LogP contribution in [0, 0.1) is 5.41 Å². The fraction of sp³-hybridized carbons (Fsp3) is 0.105. The molecule has 1 heterocycles. The first kappa shape index (κ1) is 23.0. The van der Waals surface area contributed by atoms with Crippen molar-refractivity contribution < 1.29 is 0 Å². The van der Waals surface area contributed by atoms with Crippen molar-refractivity contribution in [3.8, 4) is 11.3 Å². The van der Waals surface area contributed by atoms with Crippen molar-refractivity contribution in [2.75, 3.05) is 5.73 Å². The molecule has 0 saturated carbocycles. The van der Waals surface area contributed by atoms with E-state index in [-0.39, 0.29) is 36.6 Å². The summed E-state index contributed by atoms with van der Waals surface area (Å²) >= 11 is 12.2. The number of rotatable bonds is 3. The van der Waals surface area contributed by atoms with E-state index in [2.05, 4.69) is 10.1 Å². The van der Waals surface area contributed by atoms with Crippen LogP contribution < -0.4 is 11.5 Å². The smallest absolute Gasteiger partial charge is 0.221 e. The monoisotopic (exact) mass is 470 g/mol. The lowest BCUT2D eigenvalue weighted by Gasteiger charge is -2.06. The minimum atomic E-state index is 0. The topological polar surface area (TPSA) is 106 Å². The zero-order valence-electron chi connectivity index (χ0n) is 15.0. The highest BCUT2D eigenvalue weighted by Gasteiger charge is 2.22. The second kappa shape index (κ2) is 9.05. The van der Waals surface area contributed by atoms with Crippen molar-refractivity contribution in [2.45, 2.75) is 12.8 Å². The number of benzene rings is 2. The van der Waals surface area contributed by atoms with E-state index >= 15 is 0 Å². The van der Waals surface area contributed by atoms with E-state index < -0.39 is 0 Å². The predicted molar refractivity (Wildman–Crippen MR) is 124 cm³/mol. The molecule has 5 N–H and O–H groups in total. The van der Waals surface area contributed by atoms with E-state index in [0.29, 0.717) is 15.7 Å². The Morgan fingerprint density at radius 1 is 1.10 bits per heavy atom. The predicted octanol–water partition coefficient (Wildman–Crippen LogP) is 4.77. The standard InChI is InChI=1S/C19H16Cl2N6.2ClH/c20-10-4-5-14(15(21)8-10)17-9-27(19(24)25-17)26-16-7-6-11-12(16)2-1-3-13(11)18(22)23;;/h1-5,8-9H,6-7H2,(H3,22,23)(H2,24,25);2*1H. The minimum absolute atomic E-state index is 0. The van der Waals surface area contributed by atoms with Crippen LogP contribution in [0.25, 0.3) is 11.3 Å². The van der Waals surface area contributed by atoms with Crippen LogP contribution in [0.15, 0.2) is 47.7 Å². The van der Waals surface area contributed by atoms with Crippen LogP contribution in [0.1, 0.15) is 23.1 Å². The number of anilines is 1. The van der Waals surface area contributed by atoms with Crippen molar-refractivity contribution in [3.05, 3.63) is 69.3 Å². The number of nitrogen functional groups attached to an aromatic ring is 2. The number of halogens is 4. The lowest BCUT2D eigenvalue weighted by atomic mass is 10.0. The summed E-state index contributed by atoms with van der Waals surface area (Å²) in [6.45, 7) is 0. The molecule has 2 aromatic carbocycles. The molecule has 152 valence electrons. The van der Waals surface area contributed by atoms with Crippen molar-refractivity contribution in [2.24, 2.45) is 10.8 Å². The summed E-state index contributed by atoms with van der Waals surface area (Å²) in [5.41, 5.74) is 16.8. The number of nitrogens with one attached hydrogen (secondary N) is 1. The van der Waals surface area contributed by atoms with Crippen molar-refractivity contribution in [3.63, 3.8) is 0 Å². The van der Waals surface area contributed by atoms with Gasteiger partial charge in [0.2, 0.25) is 5.95 Å². The van der Waals surface area contributed by atoms with Gasteiger partial charge < -0.3 is 11.5 Å². The molecular formula is C19H18Cl4N6. The van der Waals surface area contributed by atoms with Crippen molar-refractivity contribution >= 4 is 65.5 Å². The highest BCUT2D eigenvalue weighted by molar-refractivity contribution is 6.36. The molecule has 1 aromatic heterocycles. The number of nitrogens with zero attached hydrogens (tertiary/aromatic N) is 3. The van der Waals surface area contributed by atoms with Gasteiger partial charge in [0.1, 0.15) is 5.84 Å². The lowest BCUT2D eigenvalue weighted by Crippen LogP contribution is -2.13. The van der Waals surface area contributed by atoms with Crippen molar-refractivity contribution in [1.29, 1.82) is 5.41 Å². The molecular weight excluding hydrogens is 454 g/mol. The molecule has 29 heavy (non-hydrogen) atoms. The van der Waals surface area contributed by atoms with Gasteiger partial charge in [-0.1, -0.05) is 41.4 Å². The summed E-state index contributed by atoms with van der Waals surface area (Å²) in [7, 11) is 0. The molecule has 10 heteroatoms. The molecule has 0 saturated heterocycles. The summed E-state index contributed by atoms with van der Waals surface area (Å²) < 4.78 is 1.55. The highest BCUT2D eigenvalue weighted by Crippen LogP contribution is 2.31. The first-order chi connectivity index (χ1) is 12.9. The maximum absolute atomic E-state index is 7.74. The van der Waals surface area contributed by atoms with E-state index in [0.717, 1.165) is 40.8 Å². The molecule has 0 radical (unpaired) electrons. The average Bonchev–Trinajstić information content (AvgIpc) is 3.19. The zero-order valence-corrected chi connectivity index (χ0v) is 18.2. The molecule has 6 nitrogen and oxygen atoms in total. The number of hydrogen-bond acceptors (Lipinski definition) is 4. The van der Waals surface area contributed by atoms with Gasteiger partial charge in [-0.15, -0.1) is 24.8 Å². The van der Waals surface area contributed by atoms with Gasteiger partial charge in [0.15, 0.2) is 0 Å². The third-order valence-electron chi connectivity index (χ3n) is 4.54. The Hall–Kier alpha value is -2.25. The molecule has 0 amide bonds. The Bertz CT molecular complexity index is 1110. The average molecular weight is 472 g/mol. The fourth-order valence-electron chi connectivity index (χ4n) is 3.28. The maximum Gasteiger partial charge on any atom is 0.221 e. The van der Waals surface area contributed by atoms with Gasteiger partial charge in [0.05, 0.1) is 22.6 Å². The van der Waals surface area contributed by atoms with E-state index in [9.17, 15) is 0 Å². The molecule has 0 bridgehead atoms. The summed E-state index contributed by atoms with van der Waals surface area (Å²) in [5, 5.41) is 13.5. The number of amidine groups is 1. The van der Waals surface area contributed by atoms with Crippen LogP contribution in [-0.2, 0) is 6.42 Å². The highest BCUT2D eigenvalue weighted by atomic mass is 35.5. The molecule has 1 aliphatic carbocycles.